The normalized spacial score (nSPS) is 9.98. The number of nitriles is 2. The zero-order chi connectivity index (χ0) is 35.4. The van der Waals surface area contributed by atoms with E-state index in [0.29, 0.717) is 32.3 Å². The van der Waals surface area contributed by atoms with Crippen LogP contribution in [0.4, 0.5) is 0 Å². The van der Waals surface area contributed by atoms with E-state index in [1.54, 1.807) is 51.1 Å². The zero-order valence-corrected chi connectivity index (χ0v) is 27.5. The van der Waals surface area contributed by atoms with Crippen LogP contribution >= 0.6 is 23.2 Å². The molecule has 48 heavy (non-hydrogen) atoms. The van der Waals surface area contributed by atoms with Gasteiger partial charge in [0.15, 0.2) is 24.8 Å². The van der Waals surface area contributed by atoms with Gasteiger partial charge in [-0.3, -0.25) is 9.59 Å². The molecule has 0 aromatic heterocycles. The Morgan fingerprint density at radius 3 is 1.52 bits per heavy atom. The predicted molar refractivity (Wildman–Crippen MR) is 177 cm³/mol. The van der Waals surface area contributed by atoms with Crippen molar-refractivity contribution in [3.63, 3.8) is 0 Å². The van der Waals surface area contributed by atoms with Gasteiger partial charge in [-0.1, -0.05) is 23.2 Å². The summed E-state index contributed by atoms with van der Waals surface area (Å²) in [4.78, 5) is 47.7. The molecule has 0 atom stereocenters. The Morgan fingerprint density at radius 1 is 0.688 bits per heavy atom. The number of halogens is 2. The maximum absolute atomic E-state index is 12.8. The molecule has 0 unspecified atom stereocenters. The summed E-state index contributed by atoms with van der Waals surface area (Å²) in [7, 11) is 0. The van der Waals surface area contributed by atoms with Gasteiger partial charge in [0.2, 0.25) is 0 Å². The maximum atomic E-state index is 12.8. The quantitative estimate of drug-likeness (QED) is 0.129. The van der Waals surface area contributed by atoms with Crippen LogP contribution in [0.1, 0.15) is 61.0 Å². The van der Waals surface area contributed by atoms with Gasteiger partial charge in [-0.05, 0) is 105 Å². The Labute approximate surface area is 286 Å². The van der Waals surface area contributed by atoms with Gasteiger partial charge in [0, 0.05) is 21.2 Å². The fraction of sp³-hybridized carbons (Fsp3) is 0.167. The van der Waals surface area contributed by atoms with Crippen molar-refractivity contribution in [2.24, 2.45) is 0 Å². The number of carbonyl (C=O) groups excluding carboxylic acids is 3. The number of hydrogen-bond acceptors (Lipinski definition) is 9. The second kappa shape index (κ2) is 17.3. The van der Waals surface area contributed by atoms with Crippen LogP contribution in [0, 0.1) is 36.5 Å². The van der Waals surface area contributed by atoms with Gasteiger partial charge < -0.3 is 19.3 Å². The van der Waals surface area contributed by atoms with Crippen LogP contribution in [0.5, 0.6) is 11.5 Å². The maximum Gasteiger partial charge on any atom is 0.344 e. The lowest BCUT2D eigenvalue weighted by atomic mass is 9.98. The third-order valence-corrected chi connectivity index (χ3v) is 6.78. The third-order valence-electron chi connectivity index (χ3n) is 6.31. The van der Waals surface area contributed by atoms with Crippen LogP contribution in [0.25, 0.3) is 0 Å². The fourth-order valence-corrected chi connectivity index (χ4v) is 4.70. The summed E-state index contributed by atoms with van der Waals surface area (Å²) in [5, 5.41) is 27.5. The van der Waals surface area contributed by atoms with Crippen molar-refractivity contribution in [1.82, 2.24) is 0 Å². The van der Waals surface area contributed by atoms with Crippen molar-refractivity contribution in [3.8, 4) is 23.6 Å². The largest absolute Gasteiger partial charge is 0.481 e. The summed E-state index contributed by atoms with van der Waals surface area (Å²) in [5.74, 6) is -2.07. The lowest BCUT2D eigenvalue weighted by Crippen LogP contribution is -2.16. The number of aryl methyl sites for hydroxylation is 2. The fourth-order valence-electron chi connectivity index (χ4n) is 4.36. The first-order chi connectivity index (χ1) is 22.8. The topological polar surface area (TPSA) is 164 Å². The van der Waals surface area contributed by atoms with E-state index < -0.39 is 24.3 Å². The summed E-state index contributed by atoms with van der Waals surface area (Å²) < 4.78 is 15.4. The first-order valence-corrected chi connectivity index (χ1v) is 15.0. The Bertz CT molecular complexity index is 1960. The first kappa shape index (κ1) is 36.8. The van der Waals surface area contributed by atoms with Crippen molar-refractivity contribution in [2.45, 2.75) is 20.8 Å². The lowest BCUT2D eigenvalue weighted by molar-refractivity contribution is -0.145. The standard InChI is InChI=1S/C19H16ClNO4.C17H12ClNO4/c1-3-24-18(22)11-25-17-5-4-15(20)9-16(17)19(23)14-7-12(2)6-13(8-14)10-21;1-10-4-11(8-19)6-12(5-10)17(22)14-7-13(18)2-3-15(14)23-9-16(20)21/h4-9H,3,11H2,1-2H3;2-7H,9H2,1H3,(H,20,21). The van der Waals surface area contributed by atoms with E-state index in [0.717, 1.165) is 11.1 Å². The summed E-state index contributed by atoms with van der Waals surface area (Å²) >= 11 is 11.9. The zero-order valence-electron chi connectivity index (χ0n) is 26.0. The molecule has 4 aromatic rings. The number of carbonyl (C=O) groups is 4. The number of carboxylic acids is 1. The highest BCUT2D eigenvalue weighted by molar-refractivity contribution is 6.31. The van der Waals surface area contributed by atoms with Crippen LogP contribution in [0.3, 0.4) is 0 Å². The molecule has 4 aromatic carbocycles. The smallest absolute Gasteiger partial charge is 0.344 e. The van der Waals surface area contributed by atoms with E-state index in [9.17, 15) is 19.2 Å². The molecule has 0 heterocycles. The van der Waals surface area contributed by atoms with Gasteiger partial charge in [0.05, 0.1) is 41.0 Å². The summed E-state index contributed by atoms with van der Waals surface area (Å²) in [6.45, 7) is 4.63. The minimum atomic E-state index is -1.15. The van der Waals surface area contributed by atoms with Crippen LogP contribution in [-0.2, 0) is 14.3 Å². The average Bonchev–Trinajstić information content (AvgIpc) is 3.06. The van der Waals surface area contributed by atoms with Gasteiger partial charge in [-0.25, -0.2) is 9.59 Å². The predicted octanol–water partition coefficient (Wildman–Crippen LogP) is 6.91. The molecule has 0 bridgehead atoms. The number of ether oxygens (including phenoxy) is 3. The highest BCUT2D eigenvalue weighted by atomic mass is 35.5. The minimum absolute atomic E-state index is 0.127. The van der Waals surface area contributed by atoms with Crippen molar-refractivity contribution in [3.05, 3.63) is 127 Å². The first-order valence-electron chi connectivity index (χ1n) is 14.2. The lowest BCUT2D eigenvalue weighted by Gasteiger charge is -2.11. The van der Waals surface area contributed by atoms with Crippen molar-refractivity contribution in [1.29, 1.82) is 10.5 Å². The van der Waals surface area contributed by atoms with E-state index in [2.05, 4.69) is 0 Å². The molecule has 0 spiro atoms. The van der Waals surface area contributed by atoms with Crippen LogP contribution in [0.2, 0.25) is 10.0 Å². The molecule has 0 saturated carbocycles. The van der Waals surface area contributed by atoms with E-state index >= 15 is 0 Å². The molecule has 0 aliphatic carbocycles. The molecule has 4 rings (SSSR count). The number of esters is 1. The molecule has 0 aliphatic heterocycles. The molecule has 0 aliphatic rings. The monoisotopic (exact) mass is 686 g/mol. The van der Waals surface area contributed by atoms with Gasteiger partial charge in [0.25, 0.3) is 0 Å². The highest BCUT2D eigenvalue weighted by Crippen LogP contribution is 2.28. The van der Waals surface area contributed by atoms with Crippen molar-refractivity contribution < 1.29 is 38.5 Å². The van der Waals surface area contributed by atoms with Crippen LogP contribution in [-0.4, -0.2) is 48.4 Å². The number of benzene rings is 4. The molecule has 1 N–H and O–H groups in total. The summed E-state index contributed by atoms with van der Waals surface area (Å²) in [6, 6.07) is 22.6. The molecular weight excluding hydrogens is 659 g/mol. The van der Waals surface area contributed by atoms with E-state index in [-0.39, 0.29) is 41.6 Å². The minimum Gasteiger partial charge on any atom is -0.481 e. The summed E-state index contributed by atoms with van der Waals surface area (Å²) in [5.41, 5.74) is 3.33. The third kappa shape index (κ3) is 10.4. The molecule has 0 saturated heterocycles. The summed E-state index contributed by atoms with van der Waals surface area (Å²) in [6.07, 6.45) is 0. The second-order valence-electron chi connectivity index (χ2n) is 10.1. The van der Waals surface area contributed by atoms with Gasteiger partial charge in [-0.15, -0.1) is 0 Å². The SMILES string of the molecule is CCOC(=O)COc1ccc(Cl)cc1C(=O)c1cc(C)cc(C#N)c1.Cc1cc(C#N)cc(C(=O)c2cc(Cl)ccc2OCC(=O)O)c1. The molecule has 0 amide bonds. The van der Waals surface area contributed by atoms with E-state index in [4.69, 9.17) is 53.0 Å². The van der Waals surface area contributed by atoms with Crippen molar-refractivity contribution in [2.75, 3.05) is 19.8 Å². The average molecular weight is 688 g/mol. The van der Waals surface area contributed by atoms with Crippen LogP contribution < -0.4 is 9.47 Å². The Kier molecular flexibility index (Phi) is 13.3. The molecule has 244 valence electrons. The number of hydrogen-bond donors (Lipinski definition) is 1. The molecule has 10 nitrogen and oxygen atoms in total. The van der Waals surface area contributed by atoms with E-state index in [1.807, 2.05) is 12.1 Å². The number of nitrogens with zero attached hydrogens (tertiary/aromatic N) is 2. The Balaban J connectivity index is 0.000000261. The number of aliphatic carboxylic acids is 1. The molecular formula is C36H28Cl2N2O8. The van der Waals surface area contributed by atoms with Gasteiger partial charge >= 0.3 is 11.9 Å². The van der Waals surface area contributed by atoms with E-state index in [1.165, 1.54) is 42.5 Å². The van der Waals surface area contributed by atoms with Gasteiger partial charge in [0.1, 0.15) is 11.5 Å². The molecule has 0 radical (unpaired) electrons. The van der Waals surface area contributed by atoms with Crippen LogP contribution in [0.15, 0.2) is 72.8 Å². The van der Waals surface area contributed by atoms with Gasteiger partial charge in [-0.2, -0.15) is 10.5 Å². The second-order valence-corrected chi connectivity index (χ2v) is 11.0. The number of rotatable bonds is 11. The Hall–Kier alpha value is -5.68. The number of ketones is 2. The number of carboxylic acid groups (broad SMARTS) is 1. The molecule has 0 fully saturated rings. The highest BCUT2D eigenvalue weighted by Gasteiger charge is 2.19. The molecule has 12 heteroatoms. The van der Waals surface area contributed by atoms with Crippen molar-refractivity contribution >= 4 is 46.7 Å². The Morgan fingerprint density at radius 2 is 1.12 bits per heavy atom.